The Morgan fingerprint density at radius 3 is 1.98 bits per heavy atom. The van der Waals surface area contributed by atoms with Gasteiger partial charge in [-0.3, -0.25) is 5.41 Å². The first kappa shape index (κ1) is 30.1. The van der Waals surface area contributed by atoms with Crippen molar-refractivity contribution in [3.63, 3.8) is 0 Å². The fraction of sp³-hybridized carbons (Fsp3) is 0.310. The first-order chi connectivity index (χ1) is 19.2. The molecule has 8 nitrogen and oxygen atoms in total. The molecule has 1 unspecified atom stereocenters. The fourth-order valence-corrected chi connectivity index (χ4v) is 4.09. The Balaban J connectivity index is 1.61. The summed E-state index contributed by atoms with van der Waals surface area (Å²) in [6.07, 6.45) is -4.05. The second-order valence-electron chi connectivity index (χ2n) is 8.84. The van der Waals surface area contributed by atoms with E-state index in [-0.39, 0.29) is 25.4 Å². The number of hydrogen-bond donors (Lipinski definition) is 1. The Morgan fingerprint density at radius 1 is 0.850 bits per heavy atom. The Hall–Kier alpha value is -2.85. The monoisotopic (exact) mass is 607 g/mol. The lowest BCUT2D eigenvalue weighted by atomic mass is 10.0. The van der Waals surface area contributed by atoms with Crippen LogP contribution in [0.2, 0.25) is 0 Å². The zero-order valence-electron chi connectivity index (χ0n) is 21.5. The largest absolute Gasteiger partial charge is 0.497 e. The molecular weight excluding hydrogens is 581 g/mol. The molecular formula is C29H28Cl3NO7. The molecule has 1 aliphatic heterocycles. The molecule has 0 aromatic heterocycles. The first-order valence-electron chi connectivity index (χ1n) is 12.3. The molecule has 1 heterocycles. The Kier molecular flexibility index (Phi) is 10.7. The van der Waals surface area contributed by atoms with Gasteiger partial charge in [0.05, 0.1) is 32.5 Å². The van der Waals surface area contributed by atoms with Crippen LogP contribution >= 0.6 is 34.8 Å². The molecule has 4 rings (SSSR count). The van der Waals surface area contributed by atoms with Crippen LogP contribution in [0.5, 0.6) is 5.75 Å². The topological polar surface area (TPSA) is 96.3 Å². The van der Waals surface area contributed by atoms with Crippen LogP contribution in [0.3, 0.4) is 0 Å². The van der Waals surface area contributed by atoms with E-state index in [1.54, 1.807) is 24.3 Å². The molecule has 1 aliphatic rings. The summed E-state index contributed by atoms with van der Waals surface area (Å²) in [4.78, 5) is 13.2. The van der Waals surface area contributed by atoms with Gasteiger partial charge in [0, 0.05) is 0 Å². The van der Waals surface area contributed by atoms with Gasteiger partial charge in [-0.15, -0.1) is 0 Å². The van der Waals surface area contributed by atoms with E-state index in [2.05, 4.69) is 0 Å². The van der Waals surface area contributed by atoms with Gasteiger partial charge >= 0.3 is 5.97 Å². The third-order valence-electron chi connectivity index (χ3n) is 6.04. The summed E-state index contributed by atoms with van der Waals surface area (Å²) >= 11 is 17.6. The van der Waals surface area contributed by atoms with Crippen molar-refractivity contribution < 1.29 is 33.2 Å². The van der Waals surface area contributed by atoms with Gasteiger partial charge in [-0.25, -0.2) is 4.79 Å². The number of carbonyl (C=O) groups excluding carboxylic acids is 1. The predicted octanol–water partition coefficient (Wildman–Crippen LogP) is 6.11. The second kappa shape index (κ2) is 14.2. The quantitative estimate of drug-likeness (QED) is 0.128. The third-order valence-corrected chi connectivity index (χ3v) is 6.55. The SMILES string of the molecule is COc1ccc(C(=O)O[C@H]2C(OC(=N)C(Cl)(Cl)Cl)OC[C@@H](OCc3ccccc3)[C@@H]2OCc2ccccc2)cc1. The number of hydrogen-bond acceptors (Lipinski definition) is 8. The molecule has 4 atom stereocenters. The summed E-state index contributed by atoms with van der Waals surface area (Å²) in [5.41, 5.74) is 2.08. The summed E-state index contributed by atoms with van der Waals surface area (Å²) in [5, 5.41) is 8.08. The van der Waals surface area contributed by atoms with Crippen molar-refractivity contribution in [3.05, 3.63) is 102 Å². The van der Waals surface area contributed by atoms with Gasteiger partial charge in [0.25, 0.3) is 3.79 Å². The molecule has 11 heteroatoms. The molecule has 0 amide bonds. The highest BCUT2D eigenvalue weighted by Crippen LogP contribution is 2.32. The van der Waals surface area contributed by atoms with Crippen LogP contribution in [-0.4, -0.2) is 54.0 Å². The van der Waals surface area contributed by atoms with Crippen molar-refractivity contribution in [2.45, 2.75) is 41.6 Å². The average molecular weight is 609 g/mol. The number of alkyl halides is 3. The molecule has 0 saturated carbocycles. The lowest BCUT2D eigenvalue weighted by molar-refractivity contribution is -0.268. The van der Waals surface area contributed by atoms with E-state index in [0.717, 1.165) is 11.1 Å². The van der Waals surface area contributed by atoms with Crippen molar-refractivity contribution in [2.75, 3.05) is 13.7 Å². The van der Waals surface area contributed by atoms with Gasteiger partial charge in [-0.1, -0.05) is 95.5 Å². The summed E-state index contributed by atoms with van der Waals surface area (Å²) < 4.78 is 32.8. The maximum Gasteiger partial charge on any atom is 0.338 e. The minimum Gasteiger partial charge on any atom is -0.497 e. The second-order valence-corrected chi connectivity index (χ2v) is 11.1. The van der Waals surface area contributed by atoms with Crippen molar-refractivity contribution in [1.82, 2.24) is 0 Å². The van der Waals surface area contributed by atoms with E-state index in [0.29, 0.717) is 5.75 Å². The number of ether oxygens (including phenoxy) is 6. The molecule has 1 fully saturated rings. The van der Waals surface area contributed by atoms with Crippen molar-refractivity contribution in [1.29, 1.82) is 5.41 Å². The fourth-order valence-electron chi connectivity index (χ4n) is 3.96. The molecule has 1 N–H and O–H groups in total. The lowest BCUT2D eigenvalue weighted by Gasteiger charge is -2.41. The van der Waals surface area contributed by atoms with Gasteiger partial charge in [-0.2, -0.15) is 0 Å². The van der Waals surface area contributed by atoms with Gasteiger partial charge in [0.1, 0.15) is 18.0 Å². The van der Waals surface area contributed by atoms with E-state index >= 15 is 0 Å². The number of esters is 1. The van der Waals surface area contributed by atoms with E-state index in [9.17, 15) is 4.79 Å². The summed E-state index contributed by atoms with van der Waals surface area (Å²) in [6, 6.07) is 25.5. The van der Waals surface area contributed by atoms with Gasteiger partial charge in [0.2, 0.25) is 12.2 Å². The van der Waals surface area contributed by atoms with E-state index in [1.165, 1.54) is 7.11 Å². The highest BCUT2D eigenvalue weighted by Gasteiger charge is 2.48. The molecule has 3 aromatic carbocycles. The molecule has 0 aliphatic carbocycles. The van der Waals surface area contributed by atoms with Crippen LogP contribution < -0.4 is 4.74 Å². The molecule has 0 radical (unpaired) electrons. The number of carbonyl (C=O) groups is 1. The summed E-state index contributed by atoms with van der Waals surface area (Å²) in [6.45, 7) is 0.442. The zero-order chi connectivity index (χ0) is 28.5. The maximum absolute atomic E-state index is 13.2. The van der Waals surface area contributed by atoms with E-state index in [4.69, 9.17) is 68.6 Å². The van der Waals surface area contributed by atoms with Crippen LogP contribution in [0.4, 0.5) is 0 Å². The van der Waals surface area contributed by atoms with Crippen LogP contribution in [0, 0.1) is 5.41 Å². The average Bonchev–Trinajstić information content (AvgIpc) is 2.97. The Morgan fingerprint density at radius 2 is 1.43 bits per heavy atom. The number of halogens is 3. The first-order valence-corrected chi connectivity index (χ1v) is 13.5. The lowest BCUT2D eigenvalue weighted by Crippen LogP contribution is -2.58. The highest BCUT2D eigenvalue weighted by molar-refractivity contribution is 6.76. The molecule has 0 spiro atoms. The summed E-state index contributed by atoms with van der Waals surface area (Å²) in [5.74, 6) is -0.797. The molecule has 0 bridgehead atoms. The van der Waals surface area contributed by atoms with E-state index in [1.807, 2.05) is 60.7 Å². The molecule has 212 valence electrons. The molecule has 1 saturated heterocycles. The third kappa shape index (κ3) is 8.33. The minimum atomic E-state index is -2.16. The predicted molar refractivity (Wildman–Crippen MR) is 151 cm³/mol. The van der Waals surface area contributed by atoms with Crippen LogP contribution in [0.15, 0.2) is 84.9 Å². The van der Waals surface area contributed by atoms with Crippen LogP contribution in [0.1, 0.15) is 21.5 Å². The van der Waals surface area contributed by atoms with Gasteiger partial charge < -0.3 is 28.4 Å². The molecule has 3 aromatic rings. The normalized spacial score (nSPS) is 20.9. The van der Waals surface area contributed by atoms with Crippen molar-refractivity contribution in [3.8, 4) is 5.75 Å². The number of nitrogens with one attached hydrogen (secondary N) is 1. The van der Waals surface area contributed by atoms with Crippen LogP contribution in [0.25, 0.3) is 0 Å². The Labute approximate surface area is 247 Å². The highest BCUT2D eigenvalue weighted by atomic mass is 35.6. The van der Waals surface area contributed by atoms with Gasteiger partial charge in [0.15, 0.2) is 6.10 Å². The van der Waals surface area contributed by atoms with Gasteiger partial charge in [-0.05, 0) is 35.4 Å². The molecule has 40 heavy (non-hydrogen) atoms. The summed E-state index contributed by atoms with van der Waals surface area (Å²) in [7, 11) is 1.53. The number of methoxy groups -OCH3 is 1. The number of rotatable bonds is 10. The Bertz CT molecular complexity index is 1240. The standard InChI is InChI=1S/C29H28Cl3NO7/c1-35-22-14-12-21(13-15-22)26(34)39-25-24(37-17-20-10-6-3-7-11-20)23(36-16-19-8-4-2-5-9-19)18-38-27(25)40-28(33)29(30,31)32/h2-15,23-25,27,33H,16-18H2,1H3/t23-,24+,25-,27?/m1/s1. The number of benzene rings is 3. The minimum absolute atomic E-state index is 0.000675. The van der Waals surface area contributed by atoms with Crippen molar-refractivity contribution in [2.24, 2.45) is 0 Å². The smallest absolute Gasteiger partial charge is 0.338 e. The maximum atomic E-state index is 13.2. The van der Waals surface area contributed by atoms with Crippen molar-refractivity contribution >= 4 is 46.7 Å². The zero-order valence-corrected chi connectivity index (χ0v) is 23.8. The van der Waals surface area contributed by atoms with E-state index < -0.39 is 40.3 Å². The van der Waals surface area contributed by atoms with Crippen LogP contribution in [-0.2, 0) is 36.9 Å².